The van der Waals surface area contributed by atoms with Gasteiger partial charge in [-0.25, -0.2) is 0 Å². The van der Waals surface area contributed by atoms with E-state index in [1.807, 2.05) is 11.8 Å². The van der Waals surface area contributed by atoms with E-state index in [9.17, 15) is 14.4 Å². The van der Waals surface area contributed by atoms with Crippen LogP contribution in [0.3, 0.4) is 0 Å². The minimum atomic E-state index is -0.287. The zero-order valence-electron chi connectivity index (χ0n) is 16.6. The maximum Gasteiger partial charge on any atom is 0.254 e. The molecule has 1 aliphatic heterocycles. The lowest BCUT2D eigenvalue weighted by molar-refractivity contribution is -0.116. The van der Waals surface area contributed by atoms with Crippen LogP contribution in [-0.2, 0) is 11.3 Å². The van der Waals surface area contributed by atoms with Crippen molar-refractivity contribution in [1.82, 2.24) is 9.47 Å². The molecule has 1 aliphatic rings. The molecule has 2 atom stereocenters. The van der Waals surface area contributed by atoms with Crippen LogP contribution < -0.4 is 10.9 Å². The Morgan fingerprint density at radius 2 is 1.68 bits per heavy atom. The number of amides is 2. The Balaban J connectivity index is 1.65. The van der Waals surface area contributed by atoms with E-state index in [1.54, 1.807) is 36.5 Å². The molecule has 1 aromatic carbocycles. The van der Waals surface area contributed by atoms with E-state index < -0.39 is 0 Å². The van der Waals surface area contributed by atoms with Gasteiger partial charge in [-0.05, 0) is 69.9 Å². The summed E-state index contributed by atoms with van der Waals surface area (Å²) >= 11 is 0. The van der Waals surface area contributed by atoms with Gasteiger partial charge < -0.3 is 14.8 Å². The van der Waals surface area contributed by atoms with Crippen molar-refractivity contribution in [1.29, 1.82) is 0 Å². The number of aryl methyl sites for hydroxylation is 1. The van der Waals surface area contributed by atoms with Gasteiger partial charge in [0.1, 0.15) is 6.54 Å². The summed E-state index contributed by atoms with van der Waals surface area (Å²) in [5.41, 5.74) is 1.92. The van der Waals surface area contributed by atoms with Gasteiger partial charge in [0.2, 0.25) is 5.91 Å². The number of nitrogens with one attached hydrogen (secondary N) is 1. The van der Waals surface area contributed by atoms with Gasteiger partial charge in [-0.3, -0.25) is 14.4 Å². The van der Waals surface area contributed by atoms with Gasteiger partial charge in [-0.2, -0.15) is 0 Å². The number of anilines is 1. The molecule has 6 heteroatoms. The molecule has 28 heavy (non-hydrogen) atoms. The summed E-state index contributed by atoms with van der Waals surface area (Å²) in [6, 6.07) is 10.6. The zero-order valence-corrected chi connectivity index (χ0v) is 16.6. The molecule has 2 unspecified atom stereocenters. The van der Waals surface area contributed by atoms with Crippen molar-refractivity contribution in [3.8, 4) is 0 Å². The Morgan fingerprint density at radius 3 is 2.32 bits per heavy atom. The Kier molecular flexibility index (Phi) is 5.97. The first kappa shape index (κ1) is 19.9. The van der Waals surface area contributed by atoms with E-state index in [0.29, 0.717) is 11.3 Å². The summed E-state index contributed by atoms with van der Waals surface area (Å²) in [6.45, 7) is 6.00. The number of hydrogen-bond donors (Lipinski definition) is 1. The van der Waals surface area contributed by atoms with Crippen molar-refractivity contribution in [2.45, 2.75) is 58.7 Å². The van der Waals surface area contributed by atoms with Crippen molar-refractivity contribution in [3.63, 3.8) is 0 Å². The largest absolute Gasteiger partial charge is 0.333 e. The number of nitrogens with zero attached hydrogens (tertiary/aromatic N) is 2. The minimum Gasteiger partial charge on any atom is -0.333 e. The van der Waals surface area contributed by atoms with Crippen molar-refractivity contribution in [3.05, 3.63) is 64.1 Å². The van der Waals surface area contributed by atoms with Gasteiger partial charge in [-0.1, -0.05) is 6.07 Å². The van der Waals surface area contributed by atoms with E-state index in [1.165, 1.54) is 10.6 Å². The standard InChI is InChI=1S/C22H27N3O3/c1-15-7-12-21(27)24(13-15)14-20(26)23-19-10-8-18(9-11-19)22(28)25-16(2)5-4-6-17(25)3/h7-13,16-17H,4-6,14H2,1-3H3,(H,23,26). The highest BCUT2D eigenvalue weighted by Gasteiger charge is 2.29. The first-order valence-electron chi connectivity index (χ1n) is 9.75. The molecule has 1 saturated heterocycles. The van der Waals surface area contributed by atoms with E-state index in [2.05, 4.69) is 19.2 Å². The lowest BCUT2D eigenvalue weighted by Crippen LogP contribution is -2.47. The monoisotopic (exact) mass is 381 g/mol. The highest BCUT2D eigenvalue weighted by molar-refractivity contribution is 5.96. The molecule has 0 bridgehead atoms. The molecule has 0 saturated carbocycles. The molecule has 0 radical (unpaired) electrons. The number of likely N-dealkylation sites (tertiary alicyclic amines) is 1. The van der Waals surface area contributed by atoms with Gasteiger partial charge in [0.15, 0.2) is 0 Å². The number of pyridine rings is 1. The third-order valence-corrected chi connectivity index (χ3v) is 5.29. The molecule has 2 heterocycles. The van der Waals surface area contributed by atoms with Gasteiger partial charge in [0.05, 0.1) is 0 Å². The third kappa shape index (κ3) is 4.50. The van der Waals surface area contributed by atoms with Crippen molar-refractivity contribution in [2.24, 2.45) is 0 Å². The van der Waals surface area contributed by atoms with Crippen LogP contribution in [0.25, 0.3) is 0 Å². The Bertz CT molecular complexity index is 907. The molecule has 2 amide bonds. The second-order valence-corrected chi connectivity index (χ2v) is 7.64. The maximum absolute atomic E-state index is 12.9. The third-order valence-electron chi connectivity index (χ3n) is 5.29. The van der Waals surface area contributed by atoms with E-state index in [4.69, 9.17) is 0 Å². The number of piperidine rings is 1. The molecule has 148 valence electrons. The lowest BCUT2D eigenvalue weighted by Gasteiger charge is -2.39. The summed E-state index contributed by atoms with van der Waals surface area (Å²) in [5.74, 6) is -0.256. The minimum absolute atomic E-state index is 0.0314. The second-order valence-electron chi connectivity index (χ2n) is 7.64. The summed E-state index contributed by atoms with van der Waals surface area (Å²) in [5, 5.41) is 2.78. The fourth-order valence-electron chi connectivity index (χ4n) is 3.80. The van der Waals surface area contributed by atoms with Gasteiger partial charge >= 0.3 is 0 Å². The van der Waals surface area contributed by atoms with Crippen LogP contribution in [0, 0.1) is 6.92 Å². The molecule has 6 nitrogen and oxygen atoms in total. The number of benzene rings is 1. The molecule has 2 aromatic rings. The van der Waals surface area contributed by atoms with E-state index in [-0.39, 0.29) is 36.0 Å². The highest BCUT2D eigenvalue weighted by Crippen LogP contribution is 2.25. The smallest absolute Gasteiger partial charge is 0.254 e. The summed E-state index contributed by atoms with van der Waals surface area (Å²) in [4.78, 5) is 38.9. The predicted octanol–water partition coefficient (Wildman–Crippen LogP) is 3.20. The Labute approximate surface area is 165 Å². The fraction of sp³-hybridized carbons (Fsp3) is 0.409. The van der Waals surface area contributed by atoms with Gasteiger partial charge in [0, 0.05) is 35.6 Å². The molecular weight excluding hydrogens is 354 g/mol. The normalized spacial score (nSPS) is 19.3. The fourth-order valence-corrected chi connectivity index (χ4v) is 3.80. The van der Waals surface area contributed by atoms with Crippen LogP contribution in [0.15, 0.2) is 47.4 Å². The molecule has 0 aliphatic carbocycles. The van der Waals surface area contributed by atoms with Crippen LogP contribution in [0.1, 0.15) is 49.0 Å². The number of carbonyl (C=O) groups is 2. The van der Waals surface area contributed by atoms with Crippen molar-refractivity contribution >= 4 is 17.5 Å². The summed E-state index contributed by atoms with van der Waals surface area (Å²) in [7, 11) is 0. The zero-order chi connectivity index (χ0) is 20.3. The Morgan fingerprint density at radius 1 is 1.04 bits per heavy atom. The van der Waals surface area contributed by atoms with Crippen LogP contribution in [0.4, 0.5) is 5.69 Å². The first-order chi connectivity index (χ1) is 13.3. The highest BCUT2D eigenvalue weighted by atomic mass is 16.2. The second kappa shape index (κ2) is 8.42. The lowest BCUT2D eigenvalue weighted by atomic mass is 9.96. The number of aromatic nitrogens is 1. The van der Waals surface area contributed by atoms with E-state index in [0.717, 1.165) is 24.8 Å². The molecule has 3 rings (SSSR count). The first-order valence-corrected chi connectivity index (χ1v) is 9.75. The molecule has 1 fully saturated rings. The van der Waals surface area contributed by atoms with Crippen molar-refractivity contribution in [2.75, 3.05) is 5.32 Å². The number of hydrogen-bond acceptors (Lipinski definition) is 3. The van der Waals surface area contributed by atoms with Crippen LogP contribution >= 0.6 is 0 Å². The van der Waals surface area contributed by atoms with Crippen LogP contribution in [0.2, 0.25) is 0 Å². The topological polar surface area (TPSA) is 71.4 Å². The SMILES string of the molecule is Cc1ccc(=O)n(CC(=O)Nc2ccc(C(=O)N3C(C)CCCC3C)cc2)c1. The predicted molar refractivity (Wildman–Crippen MR) is 109 cm³/mol. The molecule has 1 N–H and O–H groups in total. The summed E-state index contributed by atoms with van der Waals surface area (Å²) < 4.78 is 1.38. The quantitative estimate of drug-likeness (QED) is 0.884. The van der Waals surface area contributed by atoms with E-state index >= 15 is 0 Å². The average molecular weight is 381 g/mol. The number of carbonyl (C=O) groups excluding carboxylic acids is 2. The maximum atomic E-state index is 12.9. The van der Waals surface area contributed by atoms with Crippen molar-refractivity contribution < 1.29 is 9.59 Å². The van der Waals surface area contributed by atoms with Gasteiger partial charge in [0.25, 0.3) is 11.5 Å². The number of rotatable bonds is 4. The van der Waals surface area contributed by atoms with Gasteiger partial charge in [-0.15, -0.1) is 0 Å². The summed E-state index contributed by atoms with van der Waals surface area (Å²) in [6.07, 6.45) is 4.87. The van der Waals surface area contributed by atoms with Crippen LogP contribution in [-0.4, -0.2) is 33.4 Å². The molecule has 0 spiro atoms. The van der Waals surface area contributed by atoms with Crippen LogP contribution in [0.5, 0.6) is 0 Å². The Hall–Kier alpha value is -2.89. The molecule has 1 aromatic heterocycles. The molecular formula is C22H27N3O3. The average Bonchev–Trinajstić information content (AvgIpc) is 2.65.